The number of carbonyl (C=O) groups is 1. The zero-order valence-corrected chi connectivity index (χ0v) is 6.60. The largest absolute Gasteiger partial charge is 0.392 e. The van der Waals surface area contributed by atoms with Crippen LogP contribution in [0.3, 0.4) is 0 Å². The fraction of sp³-hybridized carbons (Fsp3) is 0.625. The predicted molar refractivity (Wildman–Crippen MR) is 39.7 cm³/mol. The van der Waals surface area contributed by atoms with Crippen molar-refractivity contribution < 1.29 is 18.0 Å². The third-order valence-electron chi connectivity index (χ3n) is 1.21. The first kappa shape index (κ1) is 11.2. The standard InChI is InChI=1S/C8H11F3O/c9-8(10,11)6-4-2-1-3-5-7-12/h2,4,7H,1,3,5-6H2/b4-2-. The highest BCUT2D eigenvalue weighted by Crippen LogP contribution is 2.19. The van der Waals surface area contributed by atoms with E-state index in [9.17, 15) is 18.0 Å². The van der Waals surface area contributed by atoms with Crippen LogP contribution >= 0.6 is 0 Å². The van der Waals surface area contributed by atoms with E-state index in [1.54, 1.807) is 0 Å². The van der Waals surface area contributed by atoms with Crippen molar-refractivity contribution in [2.75, 3.05) is 0 Å². The van der Waals surface area contributed by atoms with Gasteiger partial charge >= 0.3 is 6.18 Å². The van der Waals surface area contributed by atoms with Crippen LogP contribution in [0.1, 0.15) is 25.7 Å². The molecule has 0 N–H and O–H groups in total. The van der Waals surface area contributed by atoms with Gasteiger partial charge in [-0.2, -0.15) is 13.2 Å². The number of rotatable bonds is 5. The van der Waals surface area contributed by atoms with Gasteiger partial charge in [0.05, 0.1) is 6.42 Å². The molecule has 0 heterocycles. The second-order valence-corrected chi connectivity index (χ2v) is 2.39. The first-order valence-electron chi connectivity index (χ1n) is 3.71. The Balaban J connectivity index is 3.31. The Morgan fingerprint density at radius 2 is 1.75 bits per heavy atom. The summed E-state index contributed by atoms with van der Waals surface area (Å²) in [5, 5.41) is 0. The molecule has 0 radical (unpaired) electrons. The van der Waals surface area contributed by atoms with E-state index in [2.05, 4.69) is 0 Å². The van der Waals surface area contributed by atoms with Gasteiger partial charge in [-0.15, -0.1) is 0 Å². The molecule has 0 amide bonds. The summed E-state index contributed by atoms with van der Waals surface area (Å²) < 4.78 is 34.6. The molecule has 0 aromatic rings. The van der Waals surface area contributed by atoms with Crippen LogP contribution in [0.2, 0.25) is 0 Å². The minimum atomic E-state index is -4.11. The van der Waals surface area contributed by atoms with Crippen LogP contribution < -0.4 is 0 Å². The zero-order chi connectivity index (χ0) is 9.45. The number of carbonyl (C=O) groups excluding carboxylic acids is 1. The third kappa shape index (κ3) is 9.20. The molecule has 0 rings (SSSR count). The summed E-state index contributed by atoms with van der Waals surface area (Å²) in [5.41, 5.74) is 0. The number of alkyl halides is 3. The lowest BCUT2D eigenvalue weighted by atomic mass is 10.2. The number of halogens is 3. The van der Waals surface area contributed by atoms with Gasteiger partial charge in [0.2, 0.25) is 0 Å². The van der Waals surface area contributed by atoms with E-state index in [4.69, 9.17) is 0 Å². The Hall–Kier alpha value is -0.800. The number of unbranched alkanes of at least 4 members (excludes halogenated alkanes) is 2. The second kappa shape index (κ2) is 5.80. The molecule has 0 saturated heterocycles. The lowest BCUT2D eigenvalue weighted by Gasteiger charge is -1.99. The fourth-order valence-electron chi connectivity index (χ4n) is 0.654. The van der Waals surface area contributed by atoms with Crippen LogP contribution in [-0.4, -0.2) is 12.5 Å². The summed E-state index contributed by atoms with van der Waals surface area (Å²) in [5.74, 6) is 0. The Labute approximate surface area is 69.3 Å². The molecular formula is C8H11F3O. The van der Waals surface area contributed by atoms with Gasteiger partial charge in [0.15, 0.2) is 0 Å². The lowest BCUT2D eigenvalue weighted by Crippen LogP contribution is -2.03. The minimum Gasteiger partial charge on any atom is -0.303 e. The molecular weight excluding hydrogens is 169 g/mol. The number of hydrogen-bond acceptors (Lipinski definition) is 1. The molecule has 12 heavy (non-hydrogen) atoms. The number of allylic oxidation sites excluding steroid dienone is 2. The van der Waals surface area contributed by atoms with E-state index in [1.165, 1.54) is 6.08 Å². The molecule has 0 spiro atoms. The average molecular weight is 180 g/mol. The van der Waals surface area contributed by atoms with E-state index < -0.39 is 12.6 Å². The Morgan fingerprint density at radius 1 is 1.08 bits per heavy atom. The van der Waals surface area contributed by atoms with Crippen molar-refractivity contribution in [1.82, 2.24) is 0 Å². The first-order chi connectivity index (χ1) is 5.56. The molecule has 0 aromatic heterocycles. The van der Waals surface area contributed by atoms with Crippen LogP contribution in [0.25, 0.3) is 0 Å². The van der Waals surface area contributed by atoms with Gasteiger partial charge in [-0.05, 0) is 12.8 Å². The van der Waals surface area contributed by atoms with Crippen LogP contribution in [-0.2, 0) is 4.79 Å². The van der Waals surface area contributed by atoms with Crippen molar-refractivity contribution in [1.29, 1.82) is 0 Å². The molecule has 70 valence electrons. The maximum Gasteiger partial charge on any atom is 0.392 e. The van der Waals surface area contributed by atoms with E-state index in [-0.39, 0.29) is 0 Å². The quantitative estimate of drug-likeness (QED) is 0.361. The van der Waals surface area contributed by atoms with Gasteiger partial charge in [0.25, 0.3) is 0 Å². The SMILES string of the molecule is O=CCCC/C=C\CC(F)(F)F. The van der Waals surface area contributed by atoms with Gasteiger partial charge in [0.1, 0.15) is 6.29 Å². The summed E-state index contributed by atoms with van der Waals surface area (Å²) in [6.45, 7) is 0. The van der Waals surface area contributed by atoms with Gasteiger partial charge < -0.3 is 4.79 Å². The Bertz CT molecular complexity index is 149. The van der Waals surface area contributed by atoms with Crippen LogP contribution in [0.5, 0.6) is 0 Å². The molecule has 0 aromatic carbocycles. The van der Waals surface area contributed by atoms with Crippen LogP contribution in [0, 0.1) is 0 Å². The predicted octanol–water partition coefficient (Wildman–Crippen LogP) is 2.86. The van der Waals surface area contributed by atoms with Gasteiger partial charge in [0, 0.05) is 6.42 Å². The molecule has 4 heteroatoms. The molecule has 0 aliphatic heterocycles. The maximum atomic E-state index is 11.5. The highest BCUT2D eigenvalue weighted by molar-refractivity contribution is 5.48. The molecule has 0 atom stereocenters. The number of hydrogen-bond donors (Lipinski definition) is 0. The van der Waals surface area contributed by atoms with Crippen molar-refractivity contribution in [2.24, 2.45) is 0 Å². The van der Waals surface area contributed by atoms with Crippen molar-refractivity contribution in [3.63, 3.8) is 0 Å². The van der Waals surface area contributed by atoms with E-state index in [0.717, 1.165) is 12.4 Å². The zero-order valence-electron chi connectivity index (χ0n) is 6.60. The van der Waals surface area contributed by atoms with Crippen molar-refractivity contribution in [3.05, 3.63) is 12.2 Å². The summed E-state index contributed by atoms with van der Waals surface area (Å²) in [6.07, 6.45) is -0.113. The topological polar surface area (TPSA) is 17.1 Å². The van der Waals surface area contributed by atoms with Crippen molar-refractivity contribution in [2.45, 2.75) is 31.9 Å². The summed E-state index contributed by atoms with van der Waals surface area (Å²) in [4.78, 5) is 9.79. The molecule has 0 fully saturated rings. The summed E-state index contributed by atoms with van der Waals surface area (Å²) >= 11 is 0. The highest BCUT2D eigenvalue weighted by atomic mass is 19.4. The second-order valence-electron chi connectivity index (χ2n) is 2.39. The van der Waals surface area contributed by atoms with E-state index in [1.807, 2.05) is 0 Å². The molecule has 1 nitrogen and oxygen atoms in total. The number of aldehydes is 1. The van der Waals surface area contributed by atoms with Gasteiger partial charge in [-0.25, -0.2) is 0 Å². The molecule has 0 bridgehead atoms. The van der Waals surface area contributed by atoms with Crippen molar-refractivity contribution in [3.8, 4) is 0 Å². The molecule has 0 saturated carbocycles. The van der Waals surface area contributed by atoms with Crippen LogP contribution in [0.4, 0.5) is 13.2 Å². The molecule has 0 unspecified atom stereocenters. The van der Waals surface area contributed by atoms with Gasteiger partial charge in [-0.1, -0.05) is 12.2 Å². The average Bonchev–Trinajstić information content (AvgIpc) is 1.94. The summed E-state index contributed by atoms with van der Waals surface area (Å²) in [7, 11) is 0. The molecule has 0 aliphatic carbocycles. The van der Waals surface area contributed by atoms with E-state index in [0.29, 0.717) is 19.3 Å². The van der Waals surface area contributed by atoms with Crippen LogP contribution in [0.15, 0.2) is 12.2 Å². The lowest BCUT2D eigenvalue weighted by molar-refractivity contribution is -0.125. The Morgan fingerprint density at radius 3 is 2.25 bits per heavy atom. The summed E-state index contributed by atoms with van der Waals surface area (Å²) in [6, 6.07) is 0. The maximum absolute atomic E-state index is 11.5. The highest BCUT2D eigenvalue weighted by Gasteiger charge is 2.24. The molecule has 0 aliphatic rings. The van der Waals surface area contributed by atoms with E-state index >= 15 is 0 Å². The third-order valence-corrected chi connectivity index (χ3v) is 1.21. The fourth-order valence-corrected chi connectivity index (χ4v) is 0.654. The first-order valence-corrected chi connectivity index (χ1v) is 3.71. The van der Waals surface area contributed by atoms with Crippen molar-refractivity contribution >= 4 is 6.29 Å². The Kier molecular flexibility index (Phi) is 5.41. The minimum absolute atomic E-state index is 0.413. The smallest absolute Gasteiger partial charge is 0.303 e. The normalized spacial score (nSPS) is 12.2. The van der Waals surface area contributed by atoms with Gasteiger partial charge in [-0.3, -0.25) is 0 Å². The monoisotopic (exact) mass is 180 g/mol.